The molecule has 0 amide bonds. The number of aldehydes is 1. The topological polar surface area (TPSA) is 70.2 Å². The molecule has 1 aliphatic rings. The molecule has 1 aliphatic carbocycles. The number of carbonyl (C=O) groups excluding carboxylic acids is 1. The zero-order valence-corrected chi connectivity index (χ0v) is 20.9. The number of carbonyl (C=O) groups is 1. The molecule has 0 fully saturated rings. The minimum atomic E-state index is -0.271. The summed E-state index contributed by atoms with van der Waals surface area (Å²) >= 11 is 0.0719. The van der Waals surface area contributed by atoms with Crippen LogP contribution < -0.4 is 21.2 Å². The monoisotopic (exact) mass is 534 g/mol. The molecule has 1 aromatic carbocycles. The van der Waals surface area contributed by atoms with Gasteiger partial charge in [0.05, 0.1) is 0 Å². The number of nitrogens with zero attached hydrogens (tertiary/aromatic N) is 2. The number of nitrogens with one attached hydrogen (secondary N) is 1. The van der Waals surface area contributed by atoms with E-state index < -0.39 is 0 Å². The van der Waals surface area contributed by atoms with Crippen LogP contribution in [0.4, 0.5) is 0 Å². The van der Waals surface area contributed by atoms with E-state index in [2.05, 4.69) is 40.3 Å². The fourth-order valence-electron chi connectivity index (χ4n) is 3.86. The summed E-state index contributed by atoms with van der Waals surface area (Å²) < 4.78 is 7.27. The van der Waals surface area contributed by atoms with Crippen LogP contribution >= 0.6 is 0 Å². The summed E-state index contributed by atoms with van der Waals surface area (Å²) in [6.45, 7) is 2.73. The molecule has 1 atom stereocenters. The van der Waals surface area contributed by atoms with E-state index in [4.69, 9.17) is 9.83 Å². The zero-order chi connectivity index (χ0) is 22.2. The van der Waals surface area contributed by atoms with Gasteiger partial charge >= 0.3 is 139 Å². The number of aryl methyl sites for hydroxylation is 1. The van der Waals surface area contributed by atoms with Crippen molar-refractivity contribution in [2.45, 2.75) is 51.9 Å². The number of benzene rings is 1. The molecule has 0 saturated heterocycles. The second-order valence-corrected chi connectivity index (χ2v) is 10.6. The number of alkyl halides is 1. The van der Waals surface area contributed by atoms with Gasteiger partial charge < -0.3 is 0 Å². The van der Waals surface area contributed by atoms with Crippen LogP contribution in [0, 0.1) is 21.8 Å². The van der Waals surface area contributed by atoms with Crippen LogP contribution in [0.2, 0.25) is 0 Å². The van der Waals surface area contributed by atoms with Gasteiger partial charge in [0.25, 0.3) is 0 Å². The van der Waals surface area contributed by atoms with Gasteiger partial charge in [-0.05, 0) is 32.1 Å². The van der Waals surface area contributed by atoms with Crippen LogP contribution in [0.25, 0.3) is 11.5 Å². The number of aromatic nitrogens is 1. The van der Waals surface area contributed by atoms with Crippen molar-refractivity contribution < 1.29 is 30.4 Å². The van der Waals surface area contributed by atoms with Gasteiger partial charge in [-0.2, -0.15) is 0 Å². The molecular formula is C25H33IN3O2-. The molecule has 0 aliphatic heterocycles. The van der Waals surface area contributed by atoms with Crippen molar-refractivity contribution in [3.63, 3.8) is 0 Å². The molecular weight excluding hydrogens is 501 g/mol. The van der Waals surface area contributed by atoms with Gasteiger partial charge in [-0.15, -0.1) is 0 Å². The van der Waals surface area contributed by atoms with Crippen molar-refractivity contribution in [3.05, 3.63) is 50.9 Å². The average Bonchev–Trinajstić information content (AvgIpc) is 3.17. The summed E-state index contributed by atoms with van der Waals surface area (Å²) in [4.78, 5) is 20.6. The van der Waals surface area contributed by atoms with Gasteiger partial charge in [-0.25, -0.2) is 0 Å². The molecule has 6 heteroatoms. The summed E-state index contributed by atoms with van der Waals surface area (Å²) in [6.07, 6.45) is 10.2. The van der Waals surface area contributed by atoms with Crippen molar-refractivity contribution >= 4 is 12.1 Å². The number of hydrogen-bond acceptors (Lipinski definition) is 4. The Kier molecular flexibility index (Phi) is 8.87. The maximum atomic E-state index is 11.8. The van der Waals surface area contributed by atoms with Crippen LogP contribution in [0.15, 0.2) is 40.3 Å². The van der Waals surface area contributed by atoms with Crippen molar-refractivity contribution in [3.8, 4) is 11.5 Å². The molecule has 1 aromatic heterocycles. The van der Waals surface area contributed by atoms with E-state index in [0.29, 0.717) is 24.6 Å². The van der Waals surface area contributed by atoms with E-state index in [1.54, 1.807) is 0 Å². The van der Waals surface area contributed by atoms with Crippen molar-refractivity contribution in [1.82, 2.24) is 9.88 Å². The van der Waals surface area contributed by atoms with Crippen molar-refractivity contribution in [2.75, 3.05) is 18.5 Å². The van der Waals surface area contributed by atoms with Gasteiger partial charge in [0.15, 0.2) is 0 Å². The van der Waals surface area contributed by atoms with Crippen molar-refractivity contribution in [2.24, 2.45) is 5.92 Å². The first-order valence-corrected chi connectivity index (χ1v) is 14.2. The molecule has 0 saturated carbocycles. The molecule has 0 bridgehead atoms. The molecule has 3 rings (SSSR count). The second kappa shape index (κ2) is 11.6. The third-order valence-electron chi connectivity index (χ3n) is 5.92. The third-order valence-corrected chi connectivity index (χ3v) is 7.88. The first kappa shape index (κ1) is 23.7. The molecule has 0 radical (unpaired) electrons. The van der Waals surface area contributed by atoms with Gasteiger partial charge in [-0.3, -0.25) is 0 Å². The number of halogens is 1. The Labute approximate surface area is 196 Å². The SMILES string of the molecule is C[I-]c1ccc(-c2nc(C[C@H](C=O)CC(=N)N(C)CCC3=CCCCC3)c(C)o2)cc1. The maximum absolute atomic E-state index is 11.8. The number of allylic oxidation sites excluding steroid dienone is 1. The quantitative estimate of drug-likeness (QED) is 0.127. The van der Waals surface area contributed by atoms with Gasteiger partial charge in [0, 0.05) is 13.6 Å². The standard InChI is InChI=1S/C25H33IN3O2/c1-18-23(28-25(31-18)21-9-11-22(26-2)12-10-21)15-20(17-30)16-24(27)29(3)14-13-19-7-5-4-6-8-19/h7,9-12,17,20,27H,4-6,8,13-16H2,1-3H3/q-1/t20-/m0/s1. The summed E-state index contributed by atoms with van der Waals surface area (Å²) in [6, 6.07) is 8.38. The Morgan fingerprint density at radius 2 is 2.10 bits per heavy atom. The van der Waals surface area contributed by atoms with Crippen LogP contribution in [-0.4, -0.2) is 40.5 Å². The Hall–Kier alpha value is -1.96. The van der Waals surface area contributed by atoms with Gasteiger partial charge in [-0.1, -0.05) is 11.6 Å². The number of oxazole rings is 1. The summed E-state index contributed by atoms with van der Waals surface area (Å²) in [5, 5.41) is 8.45. The van der Waals surface area contributed by atoms with Crippen LogP contribution in [0.3, 0.4) is 0 Å². The van der Waals surface area contributed by atoms with Crippen molar-refractivity contribution in [1.29, 1.82) is 5.41 Å². The Morgan fingerprint density at radius 1 is 1.32 bits per heavy atom. The minimum absolute atomic E-state index is 0.0719. The molecule has 1 N–H and O–H groups in total. The summed E-state index contributed by atoms with van der Waals surface area (Å²) in [5.41, 5.74) is 3.28. The van der Waals surface area contributed by atoms with E-state index in [0.717, 1.165) is 36.3 Å². The normalized spacial score (nSPS) is 14.9. The first-order valence-electron chi connectivity index (χ1n) is 11.0. The Bertz CT molecular complexity index is 917. The molecule has 0 unspecified atom stereocenters. The van der Waals surface area contributed by atoms with E-state index in [9.17, 15) is 4.79 Å². The second-order valence-electron chi connectivity index (χ2n) is 8.25. The predicted molar refractivity (Wildman–Crippen MR) is 121 cm³/mol. The molecule has 31 heavy (non-hydrogen) atoms. The summed E-state index contributed by atoms with van der Waals surface area (Å²) in [5.74, 6) is 1.59. The molecule has 5 nitrogen and oxygen atoms in total. The van der Waals surface area contributed by atoms with Crippen LogP contribution in [0.1, 0.15) is 50.0 Å². The average molecular weight is 534 g/mol. The molecule has 2 aromatic rings. The fraction of sp³-hybridized carbons (Fsp3) is 0.480. The van der Waals surface area contributed by atoms with E-state index >= 15 is 0 Å². The fourth-order valence-corrected chi connectivity index (χ4v) is 4.94. The van der Waals surface area contributed by atoms with Crippen LogP contribution in [0.5, 0.6) is 0 Å². The number of amidine groups is 1. The first-order chi connectivity index (χ1) is 15.0. The van der Waals surface area contributed by atoms with E-state index in [1.165, 1.54) is 34.8 Å². The van der Waals surface area contributed by atoms with E-state index in [-0.39, 0.29) is 27.1 Å². The Balaban J connectivity index is 1.57. The molecule has 168 valence electrons. The van der Waals surface area contributed by atoms with Gasteiger partial charge in [0.1, 0.15) is 0 Å². The molecule has 0 spiro atoms. The Morgan fingerprint density at radius 3 is 2.74 bits per heavy atom. The zero-order valence-electron chi connectivity index (χ0n) is 18.8. The predicted octanol–water partition coefficient (Wildman–Crippen LogP) is 2.09. The van der Waals surface area contributed by atoms with E-state index in [1.807, 2.05) is 18.9 Å². The summed E-state index contributed by atoms with van der Waals surface area (Å²) in [7, 11) is 1.95. The number of hydrogen-bond donors (Lipinski definition) is 1. The van der Waals surface area contributed by atoms with Gasteiger partial charge in [0.2, 0.25) is 0 Å². The number of rotatable bonds is 10. The van der Waals surface area contributed by atoms with Crippen LogP contribution in [-0.2, 0) is 11.2 Å². The third kappa shape index (κ3) is 6.76. The molecule has 1 heterocycles.